The molecule has 0 aromatic rings. The van der Waals surface area contributed by atoms with E-state index in [2.05, 4.69) is 5.32 Å². The number of alkyl halides is 1. The number of hydrogen-bond acceptors (Lipinski definition) is 3. The number of carbonyl (C=O) groups excluding carboxylic acids is 1. The molecular weight excluding hydrogens is 163 g/mol. The Morgan fingerprint density at radius 2 is 2.33 bits per heavy atom. The lowest BCUT2D eigenvalue weighted by Gasteiger charge is -2.00. The number of allylic oxidation sites excluding steroid dienone is 1. The molecule has 0 radical (unpaired) electrons. The number of amides is 1. The van der Waals surface area contributed by atoms with E-state index in [9.17, 15) is 9.18 Å². The molecular formula is C7H9FN2O2. The molecule has 4 nitrogen and oxygen atoms in total. The Hall–Kier alpha value is -1.57. The SMILES string of the molecule is C/C(O)=C(\C#N)C(=O)NCCF. The van der Waals surface area contributed by atoms with Gasteiger partial charge >= 0.3 is 0 Å². The zero-order valence-corrected chi connectivity index (χ0v) is 6.59. The Labute approximate surface area is 69.3 Å². The van der Waals surface area contributed by atoms with Crippen LogP contribution >= 0.6 is 0 Å². The summed E-state index contributed by atoms with van der Waals surface area (Å²) in [7, 11) is 0. The number of rotatable bonds is 3. The molecule has 2 N–H and O–H groups in total. The maximum Gasteiger partial charge on any atom is 0.265 e. The minimum Gasteiger partial charge on any atom is -0.511 e. The van der Waals surface area contributed by atoms with Crippen LogP contribution < -0.4 is 5.32 Å². The molecule has 0 saturated heterocycles. The van der Waals surface area contributed by atoms with Crippen molar-refractivity contribution in [2.45, 2.75) is 6.92 Å². The van der Waals surface area contributed by atoms with Crippen LogP contribution in [-0.4, -0.2) is 24.2 Å². The number of nitriles is 1. The van der Waals surface area contributed by atoms with Crippen molar-refractivity contribution >= 4 is 5.91 Å². The average Bonchev–Trinajstić information content (AvgIpc) is 2.01. The van der Waals surface area contributed by atoms with Crippen LogP contribution in [-0.2, 0) is 4.79 Å². The van der Waals surface area contributed by atoms with Crippen LogP contribution in [0, 0.1) is 11.3 Å². The van der Waals surface area contributed by atoms with Gasteiger partial charge < -0.3 is 10.4 Å². The van der Waals surface area contributed by atoms with Gasteiger partial charge in [0.15, 0.2) is 5.57 Å². The maximum absolute atomic E-state index is 11.5. The fraction of sp³-hybridized carbons (Fsp3) is 0.429. The largest absolute Gasteiger partial charge is 0.511 e. The lowest BCUT2D eigenvalue weighted by molar-refractivity contribution is -0.117. The lowest BCUT2D eigenvalue weighted by Crippen LogP contribution is -2.27. The molecule has 0 atom stereocenters. The number of halogens is 1. The van der Waals surface area contributed by atoms with Crippen molar-refractivity contribution in [2.75, 3.05) is 13.2 Å². The quantitative estimate of drug-likeness (QED) is 0.368. The molecule has 0 aromatic carbocycles. The molecule has 1 amide bonds. The smallest absolute Gasteiger partial charge is 0.265 e. The molecule has 0 heterocycles. The van der Waals surface area contributed by atoms with Gasteiger partial charge in [-0.2, -0.15) is 5.26 Å². The molecule has 5 heteroatoms. The zero-order valence-electron chi connectivity index (χ0n) is 6.59. The Morgan fingerprint density at radius 1 is 1.75 bits per heavy atom. The van der Waals surface area contributed by atoms with E-state index in [0.29, 0.717) is 0 Å². The number of carbonyl (C=O) groups is 1. The molecule has 0 spiro atoms. The third-order valence-corrected chi connectivity index (χ3v) is 1.08. The summed E-state index contributed by atoms with van der Waals surface area (Å²) in [5.74, 6) is -1.12. The second-order valence-electron chi connectivity index (χ2n) is 2.02. The van der Waals surface area contributed by atoms with Gasteiger partial charge in [0, 0.05) is 6.54 Å². The summed E-state index contributed by atoms with van der Waals surface area (Å²) < 4.78 is 11.5. The Kier molecular flexibility index (Phi) is 4.46. The highest BCUT2D eigenvalue weighted by atomic mass is 19.1. The van der Waals surface area contributed by atoms with Crippen molar-refractivity contribution in [3.63, 3.8) is 0 Å². The number of aliphatic hydroxyl groups is 1. The summed E-state index contributed by atoms with van der Waals surface area (Å²) in [5, 5.41) is 19.2. The molecule has 0 bridgehead atoms. The first kappa shape index (κ1) is 10.4. The number of aliphatic hydroxyl groups excluding tert-OH is 1. The third-order valence-electron chi connectivity index (χ3n) is 1.08. The molecule has 0 saturated carbocycles. The van der Waals surface area contributed by atoms with Gasteiger partial charge in [0.05, 0.1) is 0 Å². The predicted octanol–water partition coefficient (Wildman–Crippen LogP) is 0.428. The number of hydrogen-bond donors (Lipinski definition) is 2. The molecule has 0 rings (SSSR count). The van der Waals surface area contributed by atoms with Gasteiger partial charge in [-0.3, -0.25) is 4.79 Å². The van der Waals surface area contributed by atoms with E-state index in [-0.39, 0.29) is 17.9 Å². The second kappa shape index (κ2) is 5.13. The minimum absolute atomic E-state index is 0.155. The summed E-state index contributed by atoms with van der Waals surface area (Å²) >= 11 is 0. The van der Waals surface area contributed by atoms with Gasteiger partial charge in [-0.25, -0.2) is 4.39 Å². The van der Waals surface area contributed by atoms with Crippen LogP contribution in [0.2, 0.25) is 0 Å². The van der Waals surface area contributed by atoms with Gasteiger partial charge in [-0.1, -0.05) is 0 Å². The first-order valence-corrected chi connectivity index (χ1v) is 3.27. The van der Waals surface area contributed by atoms with Crippen LogP contribution in [0.15, 0.2) is 11.3 Å². The standard InChI is InChI=1S/C7H9FN2O2/c1-5(11)6(4-9)7(12)10-3-2-8/h11H,2-3H2,1H3,(H,10,12)/b6-5-. The normalized spacial score (nSPS) is 11.4. The highest BCUT2D eigenvalue weighted by molar-refractivity contribution is 5.97. The van der Waals surface area contributed by atoms with Crippen molar-refractivity contribution in [3.8, 4) is 6.07 Å². The van der Waals surface area contributed by atoms with Crippen molar-refractivity contribution in [1.29, 1.82) is 5.26 Å². The van der Waals surface area contributed by atoms with Crippen LogP contribution in [0.1, 0.15) is 6.92 Å². The Bertz CT molecular complexity index is 238. The van der Waals surface area contributed by atoms with Crippen LogP contribution in [0.4, 0.5) is 4.39 Å². The van der Waals surface area contributed by atoms with E-state index in [1.165, 1.54) is 13.0 Å². The first-order valence-electron chi connectivity index (χ1n) is 3.27. The molecule has 0 aliphatic heterocycles. The number of nitrogens with zero attached hydrogens (tertiary/aromatic N) is 1. The highest BCUT2D eigenvalue weighted by Crippen LogP contribution is 1.98. The summed E-state index contributed by atoms with van der Waals surface area (Å²) in [6.45, 7) is 0.361. The van der Waals surface area contributed by atoms with Gasteiger partial charge in [0.1, 0.15) is 18.5 Å². The van der Waals surface area contributed by atoms with Gasteiger partial charge in [-0.15, -0.1) is 0 Å². The monoisotopic (exact) mass is 172 g/mol. The van der Waals surface area contributed by atoms with E-state index in [0.717, 1.165) is 0 Å². The second-order valence-corrected chi connectivity index (χ2v) is 2.02. The highest BCUT2D eigenvalue weighted by Gasteiger charge is 2.10. The molecule has 0 fully saturated rings. The first-order chi connectivity index (χ1) is 5.63. The van der Waals surface area contributed by atoms with E-state index >= 15 is 0 Å². The molecule has 66 valence electrons. The van der Waals surface area contributed by atoms with Crippen LogP contribution in [0.5, 0.6) is 0 Å². The number of nitrogens with one attached hydrogen (secondary N) is 1. The van der Waals surface area contributed by atoms with Gasteiger partial charge in [-0.05, 0) is 6.92 Å². The van der Waals surface area contributed by atoms with E-state index in [1.807, 2.05) is 0 Å². The van der Waals surface area contributed by atoms with Gasteiger partial charge in [0.2, 0.25) is 0 Å². The maximum atomic E-state index is 11.5. The third kappa shape index (κ3) is 3.01. The van der Waals surface area contributed by atoms with Crippen molar-refractivity contribution in [2.24, 2.45) is 0 Å². The molecule has 0 aromatic heterocycles. The van der Waals surface area contributed by atoms with E-state index < -0.39 is 12.6 Å². The van der Waals surface area contributed by atoms with Crippen molar-refractivity contribution in [3.05, 3.63) is 11.3 Å². The fourth-order valence-corrected chi connectivity index (χ4v) is 0.545. The summed E-state index contributed by atoms with van der Waals surface area (Å²) in [4.78, 5) is 10.9. The summed E-state index contributed by atoms with van der Waals surface area (Å²) in [6.07, 6.45) is 0. The lowest BCUT2D eigenvalue weighted by atomic mass is 10.2. The Morgan fingerprint density at radius 3 is 2.67 bits per heavy atom. The van der Waals surface area contributed by atoms with E-state index in [1.54, 1.807) is 0 Å². The van der Waals surface area contributed by atoms with Crippen LogP contribution in [0.3, 0.4) is 0 Å². The molecule has 0 aliphatic carbocycles. The zero-order chi connectivity index (χ0) is 9.56. The average molecular weight is 172 g/mol. The van der Waals surface area contributed by atoms with E-state index in [4.69, 9.17) is 10.4 Å². The topological polar surface area (TPSA) is 73.1 Å². The molecule has 0 unspecified atom stereocenters. The summed E-state index contributed by atoms with van der Waals surface area (Å²) in [5.41, 5.74) is -0.386. The molecule has 12 heavy (non-hydrogen) atoms. The Balaban J connectivity index is 4.28. The fourth-order valence-electron chi connectivity index (χ4n) is 0.545. The summed E-state index contributed by atoms with van der Waals surface area (Å²) in [6, 6.07) is 1.51. The van der Waals surface area contributed by atoms with Gasteiger partial charge in [0.25, 0.3) is 5.91 Å². The van der Waals surface area contributed by atoms with Crippen molar-refractivity contribution < 1.29 is 14.3 Å². The molecule has 0 aliphatic rings. The minimum atomic E-state index is -0.754. The predicted molar refractivity (Wildman–Crippen MR) is 39.9 cm³/mol. The van der Waals surface area contributed by atoms with Crippen LogP contribution in [0.25, 0.3) is 0 Å². The van der Waals surface area contributed by atoms with Crippen molar-refractivity contribution in [1.82, 2.24) is 5.32 Å².